The van der Waals surface area contributed by atoms with E-state index < -0.39 is 10.0 Å². The van der Waals surface area contributed by atoms with E-state index in [1.165, 1.54) is 28.6 Å². The highest BCUT2D eigenvalue weighted by Gasteiger charge is 2.26. The second-order valence-corrected chi connectivity index (χ2v) is 10.3. The number of carbonyl (C=O) groups excluding carboxylic acids is 1. The number of benzene rings is 2. The molecule has 1 saturated heterocycles. The van der Waals surface area contributed by atoms with Crippen molar-refractivity contribution in [3.05, 3.63) is 59.7 Å². The van der Waals surface area contributed by atoms with E-state index in [4.69, 9.17) is 9.47 Å². The summed E-state index contributed by atoms with van der Waals surface area (Å²) in [5.41, 5.74) is 1.47. The average Bonchev–Trinajstić information content (AvgIpc) is 2.77. The van der Waals surface area contributed by atoms with Crippen LogP contribution in [0, 0.1) is 0 Å². The lowest BCUT2D eigenvalue weighted by Gasteiger charge is -2.26. The van der Waals surface area contributed by atoms with Gasteiger partial charge >= 0.3 is 0 Å². The number of nitrogens with one attached hydrogen (secondary N) is 1. The molecular weight excluding hydrogens is 416 g/mol. The second kappa shape index (κ2) is 9.80. The molecule has 0 bridgehead atoms. The standard InChI is InChI=1S/C23H30N2O5S/c1-23(2,3)20-6-4-5-7-21(20)30-15-12-24-22(26)18-8-10-19(11-9-18)31(27,28)25-13-16-29-17-14-25/h4-11H,12-17H2,1-3H3,(H,24,26). The van der Waals surface area contributed by atoms with Gasteiger partial charge < -0.3 is 14.8 Å². The number of rotatable bonds is 7. The van der Waals surface area contributed by atoms with Gasteiger partial charge in [0.2, 0.25) is 10.0 Å². The van der Waals surface area contributed by atoms with Crippen LogP contribution in [-0.4, -0.2) is 58.1 Å². The molecule has 0 atom stereocenters. The van der Waals surface area contributed by atoms with Gasteiger partial charge in [0, 0.05) is 18.7 Å². The minimum atomic E-state index is -3.57. The Balaban J connectivity index is 1.54. The highest BCUT2D eigenvalue weighted by molar-refractivity contribution is 7.89. The maximum atomic E-state index is 12.7. The third-order valence-electron chi connectivity index (χ3n) is 5.06. The summed E-state index contributed by atoms with van der Waals surface area (Å²) in [7, 11) is -3.57. The maximum Gasteiger partial charge on any atom is 0.251 e. The molecule has 0 unspecified atom stereocenters. The van der Waals surface area contributed by atoms with Gasteiger partial charge in [0.1, 0.15) is 12.4 Å². The molecule has 3 rings (SSSR count). The van der Waals surface area contributed by atoms with Crippen LogP contribution in [0.2, 0.25) is 0 Å². The van der Waals surface area contributed by atoms with E-state index in [-0.39, 0.29) is 16.2 Å². The lowest BCUT2D eigenvalue weighted by atomic mass is 9.86. The summed E-state index contributed by atoms with van der Waals surface area (Å²) in [5.74, 6) is 0.532. The molecule has 0 radical (unpaired) electrons. The molecule has 7 nitrogen and oxygen atoms in total. The zero-order valence-corrected chi connectivity index (χ0v) is 19.1. The molecule has 0 aromatic heterocycles. The molecule has 168 valence electrons. The Morgan fingerprint density at radius 1 is 1.06 bits per heavy atom. The van der Waals surface area contributed by atoms with Gasteiger partial charge in [0.25, 0.3) is 5.91 Å². The van der Waals surface area contributed by atoms with Crippen molar-refractivity contribution in [1.82, 2.24) is 9.62 Å². The topological polar surface area (TPSA) is 84.9 Å². The van der Waals surface area contributed by atoms with E-state index in [0.717, 1.165) is 11.3 Å². The van der Waals surface area contributed by atoms with Crippen molar-refractivity contribution >= 4 is 15.9 Å². The monoisotopic (exact) mass is 446 g/mol. The summed E-state index contributed by atoms with van der Waals surface area (Å²) < 4.78 is 37.8. The lowest BCUT2D eigenvalue weighted by Crippen LogP contribution is -2.40. The molecule has 0 spiro atoms. The minimum absolute atomic E-state index is 0.0385. The Hall–Kier alpha value is -2.42. The third-order valence-corrected chi connectivity index (χ3v) is 6.98. The van der Waals surface area contributed by atoms with Crippen LogP contribution in [0.1, 0.15) is 36.7 Å². The highest BCUT2D eigenvalue weighted by Crippen LogP contribution is 2.30. The van der Waals surface area contributed by atoms with Crippen molar-refractivity contribution in [3.8, 4) is 5.75 Å². The Labute approximate surface area is 184 Å². The van der Waals surface area contributed by atoms with Crippen molar-refractivity contribution in [1.29, 1.82) is 0 Å². The van der Waals surface area contributed by atoms with E-state index in [1.54, 1.807) is 0 Å². The highest BCUT2D eigenvalue weighted by atomic mass is 32.2. The fraction of sp³-hybridized carbons (Fsp3) is 0.435. The summed E-state index contributed by atoms with van der Waals surface area (Å²) in [6, 6.07) is 13.9. The van der Waals surface area contributed by atoms with Crippen LogP contribution < -0.4 is 10.1 Å². The predicted molar refractivity (Wildman–Crippen MR) is 119 cm³/mol. The number of amides is 1. The number of hydrogen-bond donors (Lipinski definition) is 1. The van der Waals surface area contributed by atoms with E-state index in [2.05, 4.69) is 26.1 Å². The van der Waals surface area contributed by atoms with Crippen LogP contribution in [0.15, 0.2) is 53.4 Å². The summed E-state index contributed by atoms with van der Waals surface area (Å²) >= 11 is 0. The molecule has 1 fully saturated rings. The Kier molecular flexibility index (Phi) is 7.35. The number of para-hydroxylation sites is 1. The van der Waals surface area contributed by atoms with E-state index in [0.29, 0.717) is 45.0 Å². The fourth-order valence-electron chi connectivity index (χ4n) is 3.35. The van der Waals surface area contributed by atoms with Crippen molar-refractivity contribution < 1.29 is 22.7 Å². The van der Waals surface area contributed by atoms with Crippen LogP contribution in [0.25, 0.3) is 0 Å². The Morgan fingerprint density at radius 3 is 2.35 bits per heavy atom. The molecule has 1 aliphatic heterocycles. The number of hydrogen-bond acceptors (Lipinski definition) is 5. The van der Waals surface area contributed by atoms with Crippen molar-refractivity contribution in [2.45, 2.75) is 31.1 Å². The quantitative estimate of drug-likeness (QED) is 0.661. The first-order chi connectivity index (χ1) is 14.7. The van der Waals surface area contributed by atoms with Crippen molar-refractivity contribution in [3.63, 3.8) is 0 Å². The number of carbonyl (C=O) groups is 1. The molecule has 1 aliphatic rings. The van der Waals surface area contributed by atoms with Crippen LogP contribution in [0.3, 0.4) is 0 Å². The number of nitrogens with zero attached hydrogens (tertiary/aromatic N) is 1. The number of morpholine rings is 1. The molecule has 8 heteroatoms. The van der Waals surface area contributed by atoms with Gasteiger partial charge in [0.05, 0.1) is 24.7 Å². The Bertz CT molecular complexity index is 991. The first kappa shape index (κ1) is 23.2. The van der Waals surface area contributed by atoms with Gasteiger partial charge in [-0.05, 0) is 41.3 Å². The summed E-state index contributed by atoms with van der Waals surface area (Å²) in [6.07, 6.45) is 0. The molecular formula is C23H30N2O5S. The lowest BCUT2D eigenvalue weighted by molar-refractivity contribution is 0.0730. The number of ether oxygens (including phenoxy) is 2. The van der Waals surface area contributed by atoms with Gasteiger partial charge in [-0.25, -0.2) is 8.42 Å². The summed E-state index contributed by atoms with van der Waals surface area (Å²) in [6.45, 7) is 8.50. The second-order valence-electron chi connectivity index (χ2n) is 8.39. The largest absolute Gasteiger partial charge is 0.491 e. The molecule has 0 aliphatic carbocycles. The molecule has 2 aromatic carbocycles. The number of sulfonamides is 1. The Morgan fingerprint density at radius 2 is 1.71 bits per heavy atom. The van der Waals surface area contributed by atoms with E-state index in [1.807, 2.05) is 24.3 Å². The van der Waals surface area contributed by atoms with Crippen LogP contribution >= 0.6 is 0 Å². The molecule has 1 amide bonds. The van der Waals surface area contributed by atoms with Gasteiger partial charge in [-0.1, -0.05) is 39.0 Å². The van der Waals surface area contributed by atoms with Crippen LogP contribution in [0.5, 0.6) is 5.75 Å². The zero-order chi connectivity index (χ0) is 22.5. The zero-order valence-electron chi connectivity index (χ0n) is 18.3. The van der Waals surface area contributed by atoms with Gasteiger partial charge in [0.15, 0.2) is 0 Å². The van der Waals surface area contributed by atoms with Crippen molar-refractivity contribution in [2.75, 3.05) is 39.5 Å². The van der Waals surface area contributed by atoms with Gasteiger partial charge in [-0.2, -0.15) is 4.31 Å². The SMILES string of the molecule is CC(C)(C)c1ccccc1OCCNC(=O)c1ccc(S(=O)(=O)N2CCOCC2)cc1. The summed E-state index contributed by atoms with van der Waals surface area (Å²) in [4.78, 5) is 12.6. The fourth-order valence-corrected chi connectivity index (χ4v) is 4.76. The van der Waals surface area contributed by atoms with Crippen molar-refractivity contribution in [2.24, 2.45) is 0 Å². The first-order valence-corrected chi connectivity index (χ1v) is 11.8. The van der Waals surface area contributed by atoms with Crippen LogP contribution in [0.4, 0.5) is 0 Å². The van der Waals surface area contributed by atoms with E-state index >= 15 is 0 Å². The molecule has 0 saturated carbocycles. The molecule has 31 heavy (non-hydrogen) atoms. The first-order valence-electron chi connectivity index (χ1n) is 10.4. The van der Waals surface area contributed by atoms with E-state index in [9.17, 15) is 13.2 Å². The minimum Gasteiger partial charge on any atom is -0.491 e. The van der Waals surface area contributed by atoms with Gasteiger partial charge in [-0.3, -0.25) is 4.79 Å². The predicted octanol–water partition coefficient (Wildman–Crippen LogP) is 2.81. The average molecular weight is 447 g/mol. The van der Waals surface area contributed by atoms with Gasteiger partial charge in [-0.15, -0.1) is 0 Å². The normalized spacial score (nSPS) is 15.5. The van der Waals surface area contributed by atoms with Crippen LogP contribution in [-0.2, 0) is 20.2 Å². The molecule has 1 N–H and O–H groups in total. The summed E-state index contributed by atoms with van der Waals surface area (Å²) in [5, 5.41) is 2.81. The molecule has 1 heterocycles. The smallest absolute Gasteiger partial charge is 0.251 e. The third kappa shape index (κ3) is 5.84. The maximum absolute atomic E-state index is 12.7. The molecule has 2 aromatic rings.